The van der Waals surface area contributed by atoms with Crippen LogP contribution in [0.1, 0.15) is 29.5 Å². The molecule has 2 N–H and O–H groups in total. The topological polar surface area (TPSA) is 44.4 Å². The van der Waals surface area contributed by atoms with Crippen LogP contribution >= 0.6 is 24.8 Å². The quantitative estimate of drug-likeness (QED) is 0.751. The maximum atomic E-state index is 14.8. The molecule has 4 rings (SSSR count). The van der Waals surface area contributed by atoms with Gasteiger partial charge in [0.05, 0.1) is 11.6 Å². The molecule has 2 heterocycles. The summed E-state index contributed by atoms with van der Waals surface area (Å²) in [6.45, 7) is 4.04. The van der Waals surface area contributed by atoms with Crippen molar-refractivity contribution in [3.8, 4) is 0 Å². The molecule has 0 saturated carbocycles. The lowest BCUT2D eigenvalue weighted by molar-refractivity contribution is -0.121. The molecule has 7 heteroatoms. The van der Waals surface area contributed by atoms with Crippen LogP contribution in [0.5, 0.6) is 0 Å². The van der Waals surface area contributed by atoms with E-state index in [9.17, 15) is 9.18 Å². The Hall–Kier alpha value is -1.66. The van der Waals surface area contributed by atoms with E-state index in [0.717, 1.165) is 50.1 Å². The highest BCUT2D eigenvalue weighted by atomic mass is 35.5. The summed E-state index contributed by atoms with van der Waals surface area (Å²) in [5.74, 6) is -0.431. The molecule has 1 saturated heterocycles. The number of anilines is 1. The number of nitrogens with one attached hydrogen (secondary N) is 2. The Balaban J connectivity index is 0.00000150. The largest absolute Gasteiger partial charge is 0.323 e. The minimum Gasteiger partial charge on any atom is -0.323 e. The van der Waals surface area contributed by atoms with Crippen molar-refractivity contribution < 1.29 is 9.18 Å². The molecule has 1 atom stereocenters. The molecule has 158 valence electrons. The second kappa shape index (κ2) is 10.9. The first-order valence-electron chi connectivity index (χ1n) is 9.79. The Bertz CT molecular complexity index is 819. The van der Waals surface area contributed by atoms with E-state index in [1.54, 1.807) is 6.07 Å². The molecule has 2 aliphatic heterocycles. The number of carbonyl (C=O) groups excluding carboxylic acids is 1. The molecule has 0 radical (unpaired) electrons. The predicted octanol–water partition coefficient (Wildman–Crippen LogP) is 4.17. The van der Waals surface area contributed by atoms with Gasteiger partial charge in [-0.3, -0.25) is 9.69 Å². The highest BCUT2D eigenvalue weighted by Crippen LogP contribution is 2.26. The van der Waals surface area contributed by atoms with Crippen molar-refractivity contribution in [2.45, 2.75) is 32.4 Å². The molecule has 1 unspecified atom stereocenters. The molecule has 4 nitrogen and oxygen atoms in total. The van der Waals surface area contributed by atoms with E-state index in [-0.39, 0.29) is 42.5 Å². The van der Waals surface area contributed by atoms with Crippen molar-refractivity contribution in [3.63, 3.8) is 0 Å². The van der Waals surface area contributed by atoms with E-state index in [2.05, 4.69) is 27.7 Å². The van der Waals surface area contributed by atoms with Gasteiger partial charge < -0.3 is 10.6 Å². The maximum absolute atomic E-state index is 14.8. The number of carbonyl (C=O) groups is 1. The summed E-state index contributed by atoms with van der Waals surface area (Å²) in [5.41, 5.74) is 3.30. The number of hydrogen-bond acceptors (Lipinski definition) is 3. The third kappa shape index (κ3) is 5.70. The van der Waals surface area contributed by atoms with E-state index in [4.69, 9.17) is 0 Å². The molecular weight excluding hydrogens is 412 g/mol. The molecule has 29 heavy (non-hydrogen) atoms. The van der Waals surface area contributed by atoms with Crippen molar-refractivity contribution in [1.29, 1.82) is 0 Å². The number of hydrogen-bond donors (Lipinski definition) is 2. The average molecular weight is 440 g/mol. The zero-order chi connectivity index (χ0) is 18.6. The zero-order valence-electron chi connectivity index (χ0n) is 16.3. The fourth-order valence-electron chi connectivity index (χ4n) is 4.12. The Kier molecular flexibility index (Phi) is 8.90. The molecule has 0 spiro atoms. The Morgan fingerprint density at radius 1 is 1.17 bits per heavy atom. The summed E-state index contributed by atoms with van der Waals surface area (Å²) in [7, 11) is 0. The van der Waals surface area contributed by atoms with Gasteiger partial charge in [0.15, 0.2) is 0 Å². The van der Waals surface area contributed by atoms with Gasteiger partial charge in [-0.05, 0) is 55.1 Å². The van der Waals surface area contributed by atoms with Gasteiger partial charge in [0.25, 0.3) is 0 Å². The second-order valence-electron chi connectivity index (χ2n) is 7.54. The summed E-state index contributed by atoms with van der Waals surface area (Å²) in [4.78, 5) is 15.1. The van der Waals surface area contributed by atoms with Crippen LogP contribution in [0.15, 0.2) is 42.5 Å². The standard InChI is InChI=1S/C22H26FN3O.2ClH/c23-21-19-10-11-24-13-17(19)8-9-20(21)25-22(27)18-7-4-12-26(15-18)14-16-5-2-1-3-6-16;;/h1-3,5-6,8-9,18,24H,4,7,10-15H2,(H,25,27);2*1H. The maximum Gasteiger partial charge on any atom is 0.228 e. The van der Waals surface area contributed by atoms with Crippen LogP contribution < -0.4 is 10.6 Å². The van der Waals surface area contributed by atoms with Crippen LogP contribution in [-0.2, 0) is 24.3 Å². The number of fused-ring (bicyclic) bond motifs is 1. The van der Waals surface area contributed by atoms with Gasteiger partial charge in [0, 0.05) is 19.6 Å². The van der Waals surface area contributed by atoms with Crippen LogP contribution in [0.3, 0.4) is 0 Å². The van der Waals surface area contributed by atoms with E-state index < -0.39 is 0 Å². The summed E-state index contributed by atoms with van der Waals surface area (Å²) in [5, 5.41) is 6.10. The lowest BCUT2D eigenvalue weighted by atomic mass is 9.96. The summed E-state index contributed by atoms with van der Waals surface area (Å²) in [6, 6.07) is 13.9. The smallest absolute Gasteiger partial charge is 0.228 e. The van der Waals surface area contributed by atoms with Crippen LogP contribution in [-0.4, -0.2) is 30.4 Å². The third-order valence-electron chi connectivity index (χ3n) is 5.59. The van der Waals surface area contributed by atoms with Crippen molar-refractivity contribution in [2.75, 3.05) is 25.0 Å². The normalized spacial score (nSPS) is 18.7. The molecule has 0 aromatic heterocycles. The first kappa shape index (κ1) is 23.6. The van der Waals surface area contributed by atoms with Crippen molar-refractivity contribution in [2.24, 2.45) is 5.92 Å². The summed E-state index contributed by atoms with van der Waals surface area (Å²) >= 11 is 0. The summed E-state index contributed by atoms with van der Waals surface area (Å²) < 4.78 is 14.8. The SMILES string of the molecule is Cl.Cl.O=C(Nc1ccc2c(c1F)CCNC2)C1CCCN(Cc2ccccc2)C1. The lowest BCUT2D eigenvalue weighted by Gasteiger charge is -2.32. The highest BCUT2D eigenvalue weighted by Gasteiger charge is 2.27. The van der Waals surface area contributed by atoms with Gasteiger partial charge >= 0.3 is 0 Å². The number of halogens is 3. The molecular formula is C22H28Cl2FN3O. The Labute approximate surface area is 184 Å². The second-order valence-corrected chi connectivity index (χ2v) is 7.54. The first-order chi connectivity index (χ1) is 13.2. The number of rotatable bonds is 4. The fraction of sp³-hybridized carbons (Fsp3) is 0.409. The average Bonchev–Trinajstić information content (AvgIpc) is 2.71. The van der Waals surface area contributed by atoms with Crippen molar-refractivity contribution >= 4 is 36.4 Å². The fourth-order valence-corrected chi connectivity index (χ4v) is 4.12. The lowest BCUT2D eigenvalue weighted by Crippen LogP contribution is -2.40. The minimum absolute atomic E-state index is 0. The number of piperidine rings is 1. The van der Waals surface area contributed by atoms with Gasteiger partial charge in [0.2, 0.25) is 5.91 Å². The number of nitrogens with zero attached hydrogens (tertiary/aromatic N) is 1. The van der Waals surface area contributed by atoms with Crippen LogP contribution in [0, 0.1) is 11.7 Å². The van der Waals surface area contributed by atoms with Crippen LogP contribution in [0.25, 0.3) is 0 Å². The highest BCUT2D eigenvalue weighted by molar-refractivity contribution is 5.93. The minimum atomic E-state index is -0.265. The van der Waals surface area contributed by atoms with Gasteiger partial charge in [-0.25, -0.2) is 4.39 Å². The molecule has 2 aromatic rings. The van der Waals surface area contributed by atoms with Gasteiger partial charge in [0.1, 0.15) is 5.82 Å². The number of benzene rings is 2. The van der Waals surface area contributed by atoms with E-state index in [0.29, 0.717) is 18.7 Å². The van der Waals surface area contributed by atoms with E-state index in [1.165, 1.54) is 5.56 Å². The van der Waals surface area contributed by atoms with Crippen molar-refractivity contribution in [1.82, 2.24) is 10.2 Å². The first-order valence-corrected chi connectivity index (χ1v) is 9.79. The van der Waals surface area contributed by atoms with E-state index in [1.807, 2.05) is 24.3 Å². The molecule has 1 fully saturated rings. The van der Waals surface area contributed by atoms with E-state index >= 15 is 0 Å². The Morgan fingerprint density at radius 2 is 1.97 bits per heavy atom. The number of amides is 1. The predicted molar refractivity (Wildman–Crippen MR) is 119 cm³/mol. The van der Waals surface area contributed by atoms with Crippen LogP contribution in [0.4, 0.5) is 10.1 Å². The molecule has 2 aliphatic rings. The van der Waals surface area contributed by atoms with Gasteiger partial charge in [-0.1, -0.05) is 36.4 Å². The molecule has 2 aromatic carbocycles. The van der Waals surface area contributed by atoms with Crippen molar-refractivity contribution in [3.05, 3.63) is 65.0 Å². The Morgan fingerprint density at radius 3 is 2.76 bits per heavy atom. The third-order valence-corrected chi connectivity index (χ3v) is 5.59. The monoisotopic (exact) mass is 439 g/mol. The summed E-state index contributed by atoms with van der Waals surface area (Å²) in [6.07, 6.45) is 2.51. The van der Waals surface area contributed by atoms with Gasteiger partial charge in [-0.2, -0.15) is 0 Å². The van der Waals surface area contributed by atoms with Gasteiger partial charge in [-0.15, -0.1) is 24.8 Å². The molecule has 0 bridgehead atoms. The van der Waals surface area contributed by atoms with Crippen LogP contribution in [0.2, 0.25) is 0 Å². The molecule has 1 amide bonds. The molecule has 0 aliphatic carbocycles. The zero-order valence-corrected chi connectivity index (χ0v) is 18.0. The number of likely N-dealkylation sites (tertiary alicyclic amines) is 1.